The first kappa shape index (κ1) is 19.1. The second-order valence-corrected chi connectivity index (χ2v) is 7.43. The second kappa shape index (κ2) is 8.79. The number of carbonyl (C=O) groups is 2. The van der Waals surface area contributed by atoms with Gasteiger partial charge in [0.05, 0.1) is 29.8 Å². The van der Waals surface area contributed by atoms with E-state index >= 15 is 0 Å². The summed E-state index contributed by atoms with van der Waals surface area (Å²) in [6.07, 6.45) is -0.911. The molecular weight excluding hydrogens is 384 g/mol. The summed E-state index contributed by atoms with van der Waals surface area (Å²) in [7, 11) is 1.52. The maximum absolute atomic E-state index is 12.3. The summed E-state index contributed by atoms with van der Waals surface area (Å²) < 4.78 is 10.4. The molecule has 0 unspecified atom stereocenters. The molecule has 3 rings (SSSR count). The summed E-state index contributed by atoms with van der Waals surface area (Å²) >= 11 is 3.07. The minimum atomic E-state index is -0.933. The molecule has 27 heavy (non-hydrogen) atoms. The number of methoxy groups -OCH3 is 1. The zero-order valence-electron chi connectivity index (χ0n) is 14.8. The number of rotatable bonds is 7. The molecule has 8 heteroatoms. The number of hydrogen-bond donors (Lipinski definition) is 1. The Hall–Kier alpha value is -2.71. The molecule has 1 aromatic carbocycles. The number of nitrogens with zero attached hydrogens (tertiary/aromatic N) is 1. The summed E-state index contributed by atoms with van der Waals surface area (Å²) in [5.41, 5.74) is 1.15. The molecule has 2 aromatic heterocycles. The maximum atomic E-state index is 12.3. The highest BCUT2D eigenvalue weighted by Gasteiger charge is 2.20. The van der Waals surface area contributed by atoms with E-state index in [0.717, 1.165) is 9.88 Å². The Morgan fingerprint density at radius 3 is 2.74 bits per heavy atom. The van der Waals surface area contributed by atoms with Crippen molar-refractivity contribution in [1.29, 1.82) is 0 Å². The number of aromatic nitrogens is 1. The SMILES string of the molecule is COc1ccccc1NC(=O)[C@@H](C)OC(=O)Cc1csc(-c2cccs2)n1. The number of hydrogen-bond acceptors (Lipinski definition) is 7. The van der Waals surface area contributed by atoms with Gasteiger partial charge in [-0.1, -0.05) is 18.2 Å². The van der Waals surface area contributed by atoms with Gasteiger partial charge in [-0.25, -0.2) is 4.98 Å². The van der Waals surface area contributed by atoms with Gasteiger partial charge in [-0.3, -0.25) is 9.59 Å². The number of para-hydroxylation sites is 2. The molecule has 1 atom stereocenters. The fourth-order valence-electron chi connectivity index (χ4n) is 2.32. The Kier molecular flexibility index (Phi) is 6.20. The number of benzene rings is 1. The lowest BCUT2D eigenvalue weighted by Gasteiger charge is -2.14. The highest BCUT2D eigenvalue weighted by molar-refractivity contribution is 7.20. The molecule has 1 N–H and O–H groups in total. The molecule has 0 aliphatic heterocycles. The average molecular weight is 402 g/mol. The van der Waals surface area contributed by atoms with Crippen molar-refractivity contribution in [2.75, 3.05) is 12.4 Å². The lowest BCUT2D eigenvalue weighted by atomic mass is 10.2. The van der Waals surface area contributed by atoms with Crippen molar-refractivity contribution >= 4 is 40.2 Å². The van der Waals surface area contributed by atoms with E-state index in [-0.39, 0.29) is 6.42 Å². The number of carbonyl (C=O) groups excluding carboxylic acids is 2. The molecule has 0 aliphatic rings. The zero-order chi connectivity index (χ0) is 19.2. The molecule has 0 saturated heterocycles. The van der Waals surface area contributed by atoms with E-state index in [4.69, 9.17) is 9.47 Å². The van der Waals surface area contributed by atoms with Crippen LogP contribution < -0.4 is 10.1 Å². The summed E-state index contributed by atoms with van der Waals surface area (Å²) in [6.45, 7) is 1.53. The minimum absolute atomic E-state index is 0.0220. The molecule has 1 amide bonds. The molecule has 0 aliphatic carbocycles. The Labute approximate surface area is 164 Å². The van der Waals surface area contributed by atoms with Crippen molar-refractivity contribution in [2.45, 2.75) is 19.4 Å². The van der Waals surface area contributed by atoms with Gasteiger partial charge in [0.2, 0.25) is 0 Å². The minimum Gasteiger partial charge on any atom is -0.495 e. The topological polar surface area (TPSA) is 77.5 Å². The molecule has 0 bridgehead atoms. The number of ether oxygens (including phenoxy) is 2. The van der Waals surface area contributed by atoms with Crippen LogP contribution in [-0.4, -0.2) is 30.1 Å². The fourth-order valence-corrected chi connectivity index (χ4v) is 3.96. The third kappa shape index (κ3) is 4.93. The smallest absolute Gasteiger partial charge is 0.312 e. The number of amides is 1. The van der Waals surface area contributed by atoms with Crippen LogP contribution in [0.3, 0.4) is 0 Å². The van der Waals surface area contributed by atoms with Crippen molar-refractivity contribution in [3.05, 3.63) is 52.9 Å². The standard InChI is InChI=1S/C19H18N2O4S2/c1-12(18(23)21-14-6-3-4-7-15(14)24-2)25-17(22)10-13-11-27-19(20-13)16-8-5-9-26-16/h3-9,11-12H,10H2,1-2H3,(H,21,23)/t12-/m1/s1. The normalized spacial score (nSPS) is 11.6. The van der Waals surface area contributed by atoms with Crippen molar-refractivity contribution in [1.82, 2.24) is 4.98 Å². The molecule has 140 valence electrons. The predicted octanol–water partition coefficient (Wildman–Crippen LogP) is 3.99. The van der Waals surface area contributed by atoms with Crippen molar-refractivity contribution in [2.24, 2.45) is 0 Å². The fraction of sp³-hybridized carbons (Fsp3) is 0.211. The van der Waals surface area contributed by atoms with Gasteiger partial charge in [0.1, 0.15) is 10.8 Å². The van der Waals surface area contributed by atoms with Crippen molar-refractivity contribution in [3.63, 3.8) is 0 Å². The first-order chi connectivity index (χ1) is 13.1. The summed E-state index contributed by atoms with van der Waals surface area (Å²) in [4.78, 5) is 29.9. The van der Waals surface area contributed by atoms with E-state index in [1.54, 1.807) is 35.6 Å². The molecule has 0 saturated carbocycles. The van der Waals surface area contributed by atoms with E-state index < -0.39 is 18.0 Å². The van der Waals surface area contributed by atoms with Crippen LogP contribution >= 0.6 is 22.7 Å². The van der Waals surface area contributed by atoms with E-state index in [1.807, 2.05) is 22.9 Å². The first-order valence-corrected chi connectivity index (χ1v) is 9.94. The lowest BCUT2D eigenvalue weighted by molar-refractivity contribution is -0.152. The monoisotopic (exact) mass is 402 g/mol. The molecule has 6 nitrogen and oxygen atoms in total. The Balaban J connectivity index is 1.55. The molecule has 0 radical (unpaired) electrons. The number of nitrogens with one attached hydrogen (secondary N) is 1. The van der Waals surface area contributed by atoms with Crippen LogP contribution in [0.25, 0.3) is 9.88 Å². The number of thiazole rings is 1. The van der Waals surface area contributed by atoms with Crippen LogP contribution in [0.5, 0.6) is 5.75 Å². The second-order valence-electron chi connectivity index (χ2n) is 5.62. The summed E-state index contributed by atoms with van der Waals surface area (Å²) in [5.74, 6) is -0.390. The number of anilines is 1. The lowest BCUT2D eigenvalue weighted by Crippen LogP contribution is -2.30. The summed E-state index contributed by atoms with van der Waals surface area (Å²) in [6, 6.07) is 11.0. The Morgan fingerprint density at radius 2 is 2.00 bits per heavy atom. The Bertz CT molecular complexity index is 921. The van der Waals surface area contributed by atoms with Gasteiger partial charge in [0.15, 0.2) is 6.10 Å². The molecular formula is C19H18N2O4S2. The van der Waals surface area contributed by atoms with Crippen LogP contribution in [-0.2, 0) is 20.7 Å². The largest absolute Gasteiger partial charge is 0.495 e. The van der Waals surface area contributed by atoms with Crippen molar-refractivity contribution < 1.29 is 19.1 Å². The molecule has 2 heterocycles. The van der Waals surface area contributed by atoms with Crippen LogP contribution in [0.2, 0.25) is 0 Å². The van der Waals surface area contributed by atoms with Gasteiger partial charge in [0, 0.05) is 5.38 Å². The maximum Gasteiger partial charge on any atom is 0.312 e. The highest BCUT2D eigenvalue weighted by Crippen LogP contribution is 2.28. The van der Waals surface area contributed by atoms with Crippen LogP contribution in [0.1, 0.15) is 12.6 Å². The van der Waals surface area contributed by atoms with Crippen LogP contribution in [0.4, 0.5) is 5.69 Å². The quantitative estimate of drug-likeness (QED) is 0.605. The van der Waals surface area contributed by atoms with Gasteiger partial charge in [-0.05, 0) is 30.5 Å². The van der Waals surface area contributed by atoms with Gasteiger partial charge >= 0.3 is 5.97 Å². The van der Waals surface area contributed by atoms with Crippen LogP contribution in [0, 0.1) is 0 Å². The first-order valence-electron chi connectivity index (χ1n) is 8.18. The molecule has 0 spiro atoms. The van der Waals surface area contributed by atoms with Gasteiger partial charge in [-0.15, -0.1) is 22.7 Å². The predicted molar refractivity (Wildman–Crippen MR) is 106 cm³/mol. The van der Waals surface area contributed by atoms with Gasteiger partial charge < -0.3 is 14.8 Å². The number of esters is 1. The number of thiophene rings is 1. The van der Waals surface area contributed by atoms with Crippen LogP contribution in [0.15, 0.2) is 47.2 Å². The van der Waals surface area contributed by atoms with E-state index in [9.17, 15) is 9.59 Å². The van der Waals surface area contributed by atoms with Gasteiger partial charge in [0.25, 0.3) is 5.91 Å². The third-order valence-corrected chi connectivity index (χ3v) is 5.58. The molecule has 0 fully saturated rings. The van der Waals surface area contributed by atoms with Gasteiger partial charge in [-0.2, -0.15) is 0 Å². The highest BCUT2D eigenvalue weighted by atomic mass is 32.1. The van der Waals surface area contributed by atoms with E-state index in [2.05, 4.69) is 10.3 Å². The van der Waals surface area contributed by atoms with E-state index in [0.29, 0.717) is 17.1 Å². The van der Waals surface area contributed by atoms with Crippen molar-refractivity contribution in [3.8, 4) is 15.6 Å². The molecule has 3 aromatic rings. The average Bonchev–Trinajstić information content (AvgIpc) is 3.33. The zero-order valence-corrected chi connectivity index (χ0v) is 16.4. The summed E-state index contributed by atoms with van der Waals surface area (Å²) in [5, 5.41) is 7.38. The van der Waals surface area contributed by atoms with E-state index in [1.165, 1.54) is 25.4 Å². The third-order valence-electron chi connectivity index (χ3n) is 3.65. The Morgan fingerprint density at radius 1 is 1.19 bits per heavy atom.